The third-order valence-electron chi connectivity index (χ3n) is 3.43. The minimum atomic E-state index is -0.0813. The summed E-state index contributed by atoms with van der Waals surface area (Å²) in [6.45, 7) is 2.06. The van der Waals surface area contributed by atoms with Gasteiger partial charge in [0.05, 0.1) is 21.7 Å². The largest absolute Gasteiger partial charge is 0.298 e. The maximum atomic E-state index is 12.1. The monoisotopic (exact) mass is 369 g/mol. The molecule has 0 spiro atoms. The first kappa shape index (κ1) is 17.5. The van der Waals surface area contributed by atoms with Gasteiger partial charge in [0.1, 0.15) is 0 Å². The Balaban J connectivity index is 1.54. The Hall–Kier alpha value is -2.31. The van der Waals surface area contributed by atoms with E-state index in [4.69, 9.17) is 0 Å². The zero-order valence-electron chi connectivity index (χ0n) is 13.9. The van der Waals surface area contributed by atoms with Crippen molar-refractivity contribution in [1.29, 1.82) is 0 Å². The third kappa shape index (κ3) is 4.84. The minimum Gasteiger partial charge on any atom is -0.298 e. The van der Waals surface area contributed by atoms with E-state index in [1.54, 1.807) is 11.3 Å². The molecule has 3 aromatic rings. The molecule has 0 saturated heterocycles. The molecule has 0 saturated carbocycles. The van der Waals surface area contributed by atoms with Crippen LogP contribution in [0, 0.1) is 0 Å². The van der Waals surface area contributed by atoms with Crippen LogP contribution in [-0.2, 0) is 4.79 Å². The average molecular weight is 370 g/mol. The lowest BCUT2D eigenvalue weighted by Gasteiger charge is -2.12. The Labute approximate surface area is 155 Å². The van der Waals surface area contributed by atoms with E-state index in [0.29, 0.717) is 5.75 Å². The number of thioether (sulfide) groups is 1. The van der Waals surface area contributed by atoms with Crippen LogP contribution in [-0.4, -0.2) is 16.6 Å². The molecule has 4 nitrogen and oxygen atoms in total. The van der Waals surface area contributed by atoms with Gasteiger partial charge in [-0.25, -0.2) is 4.98 Å². The Morgan fingerprint density at radius 1 is 1.12 bits per heavy atom. The van der Waals surface area contributed by atoms with Crippen molar-refractivity contribution >= 4 is 44.9 Å². The number of thiazole rings is 1. The summed E-state index contributed by atoms with van der Waals surface area (Å²) < 4.78 is 2.05. The number of aromatic nitrogens is 1. The molecule has 0 bridgehead atoms. The molecule has 1 heterocycles. The zero-order valence-corrected chi connectivity index (χ0v) is 15.5. The van der Waals surface area contributed by atoms with Crippen molar-refractivity contribution in [2.24, 2.45) is 0 Å². The fraction of sp³-hybridized carbons (Fsp3) is 0.158. The molecule has 2 N–H and O–H groups in total. The van der Waals surface area contributed by atoms with Gasteiger partial charge in [-0.2, -0.15) is 0 Å². The van der Waals surface area contributed by atoms with E-state index in [2.05, 4.69) is 28.8 Å². The number of hydrazine groups is 1. The van der Waals surface area contributed by atoms with Crippen LogP contribution in [0.1, 0.15) is 18.9 Å². The van der Waals surface area contributed by atoms with Crippen LogP contribution in [0.2, 0.25) is 0 Å². The maximum absolute atomic E-state index is 12.1. The second kappa shape index (κ2) is 8.69. The first-order chi connectivity index (χ1) is 12.3. The van der Waals surface area contributed by atoms with E-state index in [1.807, 2.05) is 54.6 Å². The lowest BCUT2D eigenvalue weighted by Crippen LogP contribution is -2.37. The molecule has 25 heavy (non-hydrogen) atoms. The summed E-state index contributed by atoms with van der Waals surface area (Å²) in [5, 5.41) is 0. The molecule has 0 radical (unpaired) electrons. The predicted octanol–water partition coefficient (Wildman–Crippen LogP) is 4.46. The highest BCUT2D eigenvalue weighted by Crippen LogP contribution is 2.28. The van der Waals surface area contributed by atoms with Crippen molar-refractivity contribution in [3.63, 3.8) is 0 Å². The maximum Gasteiger partial charge on any atom is 0.248 e. The Kier molecular flexibility index (Phi) is 6.09. The van der Waals surface area contributed by atoms with Crippen LogP contribution in [0.4, 0.5) is 0 Å². The second-order valence-corrected chi connectivity index (χ2v) is 7.55. The molecule has 0 aliphatic heterocycles. The van der Waals surface area contributed by atoms with E-state index in [1.165, 1.54) is 11.8 Å². The van der Waals surface area contributed by atoms with E-state index in [-0.39, 0.29) is 5.91 Å². The summed E-state index contributed by atoms with van der Waals surface area (Å²) in [4.78, 5) is 16.7. The van der Waals surface area contributed by atoms with E-state index in [9.17, 15) is 4.79 Å². The average Bonchev–Trinajstić information content (AvgIpc) is 3.07. The summed E-state index contributed by atoms with van der Waals surface area (Å²) in [6.07, 6.45) is 2.93. The quantitative estimate of drug-likeness (QED) is 0.477. The molecule has 128 valence electrons. The molecular formula is C19H19N3OS2. The highest BCUT2D eigenvalue weighted by molar-refractivity contribution is 8.01. The van der Waals surface area contributed by atoms with Crippen LogP contribution in [0.5, 0.6) is 0 Å². The molecule has 2 aromatic carbocycles. The van der Waals surface area contributed by atoms with Crippen molar-refractivity contribution in [3.05, 3.63) is 66.2 Å². The number of rotatable bonds is 7. The van der Waals surface area contributed by atoms with Crippen molar-refractivity contribution in [1.82, 2.24) is 15.8 Å². The SMILES string of the molecule is CC/C=C(/NNC(=O)CSc1nc2ccccc2s1)c1ccccc1. The van der Waals surface area contributed by atoms with Crippen molar-refractivity contribution in [3.8, 4) is 0 Å². The van der Waals surface area contributed by atoms with Gasteiger partial charge in [0.2, 0.25) is 5.91 Å². The number of nitrogens with one attached hydrogen (secondary N) is 2. The number of fused-ring (bicyclic) bond motifs is 1. The Morgan fingerprint density at radius 3 is 2.64 bits per heavy atom. The number of hydrogen-bond donors (Lipinski definition) is 2. The molecule has 0 unspecified atom stereocenters. The fourth-order valence-electron chi connectivity index (χ4n) is 2.28. The number of allylic oxidation sites excluding steroid dienone is 1. The first-order valence-corrected chi connectivity index (χ1v) is 9.85. The number of benzene rings is 2. The highest BCUT2D eigenvalue weighted by atomic mass is 32.2. The fourth-order valence-corrected chi connectivity index (χ4v) is 4.14. The Morgan fingerprint density at radius 2 is 1.88 bits per heavy atom. The van der Waals surface area contributed by atoms with Crippen LogP contribution >= 0.6 is 23.1 Å². The number of carbonyl (C=O) groups excluding carboxylic acids is 1. The van der Waals surface area contributed by atoms with Crippen molar-refractivity contribution in [2.45, 2.75) is 17.7 Å². The van der Waals surface area contributed by atoms with Crippen molar-refractivity contribution < 1.29 is 4.79 Å². The number of amides is 1. The summed E-state index contributed by atoms with van der Waals surface area (Å²) >= 11 is 3.06. The second-order valence-electron chi connectivity index (χ2n) is 5.30. The number of para-hydroxylation sites is 1. The van der Waals surface area contributed by atoms with Gasteiger partial charge in [-0.3, -0.25) is 15.6 Å². The normalized spacial score (nSPS) is 11.5. The van der Waals surface area contributed by atoms with Gasteiger partial charge in [0.25, 0.3) is 0 Å². The van der Waals surface area contributed by atoms with Gasteiger partial charge < -0.3 is 0 Å². The standard InChI is InChI=1S/C19H19N3OS2/c1-2-8-15(14-9-4-3-5-10-14)21-22-18(23)13-24-19-20-16-11-6-7-12-17(16)25-19/h3-12,21H,2,13H2,1H3,(H,22,23)/b15-8+. The van der Waals surface area contributed by atoms with E-state index >= 15 is 0 Å². The number of carbonyl (C=O) groups is 1. The van der Waals surface area contributed by atoms with Crippen LogP contribution < -0.4 is 10.9 Å². The molecule has 6 heteroatoms. The van der Waals surface area contributed by atoms with Gasteiger partial charge in [0.15, 0.2) is 4.34 Å². The van der Waals surface area contributed by atoms with Gasteiger partial charge >= 0.3 is 0 Å². The lowest BCUT2D eigenvalue weighted by atomic mass is 10.1. The summed E-state index contributed by atoms with van der Waals surface area (Å²) in [5.74, 6) is 0.239. The number of nitrogens with zero attached hydrogens (tertiary/aromatic N) is 1. The molecule has 0 aliphatic carbocycles. The first-order valence-electron chi connectivity index (χ1n) is 8.05. The molecule has 1 aromatic heterocycles. The number of hydrogen-bond acceptors (Lipinski definition) is 5. The smallest absolute Gasteiger partial charge is 0.248 e. The molecule has 1 amide bonds. The van der Waals surface area contributed by atoms with Crippen LogP contribution in [0.15, 0.2) is 65.0 Å². The summed E-state index contributed by atoms with van der Waals surface area (Å²) in [6, 6.07) is 17.9. The molecule has 0 aliphatic rings. The Bertz CT molecular complexity index is 842. The van der Waals surface area contributed by atoms with E-state index < -0.39 is 0 Å². The molecular weight excluding hydrogens is 350 g/mol. The highest BCUT2D eigenvalue weighted by Gasteiger charge is 2.08. The molecule has 0 fully saturated rings. The summed E-state index contributed by atoms with van der Waals surface area (Å²) in [7, 11) is 0. The predicted molar refractivity (Wildman–Crippen MR) is 106 cm³/mol. The molecule has 3 rings (SSSR count). The van der Waals surface area contributed by atoms with Crippen molar-refractivity contribution in [2.75, 3.05) is 5.75 Å². The van der Waals surface area contributed by atoms with Gasteiger partial charge in [-0.1, -0.05) is 67.2 Å². The van der Waals surface area contributed by atoms with Crippen LogP contribution in [0.3, 0.4) is 0 Å². The van der Waals surface area contributed by atoms with Gasteiger partial charge in [0, 0.05) is 0 Å². The summed E-state index contributed by atoms with van der Waals surface area (Å²) in [5.41, 5.74) is 8.73. The van der Waals surface area contributed by atoms with Crippen LogP contribution in [0.25, 0.3) is 15.9 Å². The third-order valence-corrected chi connectivity index (χ3v) is 5.61. The van der Waals surface area contributed by atoms with E-state index in [0.717, 1.165) is 32.2 Å². The van der Waals surface area contributed by atoms with Gasteiger partial charge in [-0.15, -0.1) is 11.3 Å². The zero-order chi connectivity index (χ0) is 17.5. The molecule has 0 atom stereocenters. The lowest BCUT2D eigenvalue weighted by molar-refractivity contribution is -0.119. The topological polar surface area (TPSA) is 54.0 Å². The van der Waals surface area contributed by atoms with Gasteiger partial charge in [-0.05, 0) is 24.1 Å². The minimum absolute atomic E-state index is 0.0813.